The first-order valence-corrected chi connectivity index (χ1v) is 7.46. The fraction of sp³-hybridized carbons (Fsp3) is 0.533. The Morgan fingerprint density at radius 3 is 2.70 bits per heavy atom. The summed E-state index contributed by atoms with van der Waals surface area (Å²) in [5.41, 5.74) is 6.05. The van der Waals surface area contributed by atoms with E-state index in [1.165, 1.54) is 0 Å². The molecule has 0 spiro atoms. The molecule has 0 saturated heterocycles. The van der Waals surface area contributed by atoms with E-state index in [9.17, 15) is 4.79 Å². The summed E-state index contributed by atoms with van der Waals surface area (Å²) in [6.07, 6.45) is 1.59. The first kappa shape index (κ1) is 17.0. The molecule has 0 aliphatic carbocycles. The van der Waals surface area contributed by atoms with Crippen LogP contribution in [0.4, 0.5) is 0 Å². The number of nitrogens with two attached hydrogens (primary N) is 1. The summed E-state index contributed by atoms with van der Waals surface area (Å²) >= 11 is 3.45. The van der Waals surface area contributed by atoms with Crippen molar-refractivity contribution in [3.8, 4) is 5.75 Å². The number of halogens is 1. The molecule has 0 saturated carbocycles. The molecule has 0 aromatic heterocycles. The predicted molar refractivity (Wildman–Crippen MR) is 83.0 cm³/mol. The summed E-state index contributed by atoms with van der Waals surface area (Å²) in [7, 11) is 0. The van der Waals surface area contributed by atoms with Gasteiger partial charge in [0.15, 0.2) is 0 Å². The summed E-state index contributed by atoms with van der Waals surface area (Å²) < 4.78 is 6.58. The monoisotopic (exact) mass is 343 g/mol. The molecular formula is C15H22BrNO3. The first-order valence-electron chi connectivity index (χ1n) is 6.67. The molecule has 112 valence electrons. The van der Waals surface area contributed by atoms with Crippen molar-refractivity contribution in [3.05, 3.63) is 28.2 Å². The van der Waals surface area contributed by atoms with Crippen molar-refractivity contribution in [2.75, 3.05) is 6.61 Å². The molecule has 0 aliphatic rings. The molecular weight excluding hydrogens is 322 g/mol. The highest BCUT2D eigenvalue weighted by atomic mass is 79.9. The van der Waals surface area contributed by atoms with E-state index in [1.54, 1.807) is 13.8 Å². The normalized spacial score (nSPS) is 13.1. The zero-order chi connectivity index (χ0) is 15.3. The average molecular weight is 344 g/mol. The van der Waals surface area contributed by atoms with Crippen molar-refractivity contribution in [1.82, 2.24) is 0 Å². The van der Waals surface area contributed by atoms with Gasteiger partial charge < -0.3 is 15.6 Å². The van der Waals surface area contributed by atoms with Crippen LogP contribution in [0.15, 0.2) is 22.7 Å². The van der Waals surface area contributed by atoms with Gasteiger partial charge in [0.2, 0.25) is 0 Å². The number of ether oxygens (including phenoxy) is 1. The smallest absolute Gasteiger partial charge is 0.312 e. The van der Waals surface area contributed by atoms with Crippen molar-refractivity contribution in [3.63, 3.8) is 0 Å². The maximum absolute atomic E-state index is 11.1. The number of aliphatic carboxylic acids is 1. The second-order valence-corrected chi connectivity index (χ2v) is 6.43. The number of carbonyl (C=O) groups is 1. The second-order valence-electron chi connectivity index (χ2n) is 5.58. The zero-order valence-electron chi connectivity index (χ0n) is 12.1. The highest BCUT2D eigenvalue weighted by molar-refractivity contribution is 9.10. The van der Waals surface area contributed by atoms with Gasteiger partial charge >= 0.3 is 5.97 Å². The van der Waals surface area contributed by atoms with E-state index < -0.39 is 11.4 Å². The molecule has 20 heavy (non-hydrogen) atoms. The molecule has 0 fully saturated rings. The van der Waals surface area contributed by atoms with Gasteiger partial charge in [-0.2, -0.15) is 0 Å². The second kappa shape index (κ2) is 7.09. The predicted octanol–water partition coefficient (Wildman–Crippen LogP) is 3.22. The molecule has 1 aromatic carbocycles. The van der Waals surface area contributed by atoms with Crippen LogP contribution in [0.5, 0.6) is 5.75 Å². The fourth-order valence-electron chi connectivity index (χ4n) is 1.62. The molecule has 1 unspecified atom stereocenters. The number of rotatable bonds is 7. The van der Waals surface area contributed by atoms with Gasteiger partial charge in [0.25, 0.3) is 0 Å². The van der Waals surface area contributed by atoms with Crippen LogP contribution >= 0.6 is 15.9 Å². The summed E-state index contributed by atoms with van der Waals surface area (Å²) in [5.74, 6) is -0.193. The van der Waals surface area contributed by atoms with Crippen molar-refractivity contribution in [2.45, 2.75) is 39.7 Å². The van der Waals surface area contributed by atoms with Gasteiger partial charge in [0.1, 0.15) is 12.4 Å². The minimum atomic E-state index is -0.931. The van der Waals surface area contributed by atoms with Crippen LogP contribution in [0.25, 0.3) is 0 Å². The van der Waals surface area contributed by atoms with Crippen molar-refractivity contribution in [1.29, 1.82) is 0 Å². The third kappa shape index (κ3) is 4.49. The molecule has 1 atom stereocenters. The number of hydrogen-bond donors (Lipinski definition) is 2. The molecule has 3 N–H and O–H groups in total. The van der Waals surface area contributed by atoms with E-state index in [2.05, 4.69) is 15.9 Å². The minimum absolute atomic E-state index is 0.0686. The lowest BCUT2D eigenvalue weighted by molar-refractivity contribution is -0.148. The van der Waals surface area contributed by atoms with Crippen LogP contribution in [-0.2, 0) is 11.2 Å². The van der Waals surface area contributed by atoms with Gasteiger partial charge in [-0.25, -0.2) is 0 Å². The van der Waals surface area contributed by atoms with E-state index in [0.29, 0.717) is 12.2 Å². The Morgan fingerprint density at radius 1 is 1.50 bits per heavy atom. The number of carboxylic acid groups (broad SMARTS) is 1. The standard InChI is InChI=1S/C15H22BrNO3/c1-4-11(17)8-10-6-5-7-12(16)13(10)20-9-15(2,3)14(18)19/h5-7,11H,4,8-9,17H2,1-3H3,(H,18,19). The Morgan fingerprint density at radius 2 is 2.15 bits per heavy atom. The lowest BCUT2D eigenvalue weighted by atomic mass is 9.95. The Balaban J connectivity index is 2.91. The largest absolute Gasteiger partial charge is 0.491 e. The van der Waals surface area contributed by atoms with Gasteiger partial charge in [0, 0.05) is 6.04 Å². The van der Waals surface area contributed by atoms with Crippen LogP contribution in [0, 0.1) is 5.41 Å². The van der Waals surface area contributed by atoms with E-state index in [1.807, 2.05) is 25.1 Å². The quantitative estimate of drug-likeness (QED) is 0.797. The third-order valence-corrected chi connectivity index (χ3v) is 3.84. The minimum Gasteiger partial charge on any atom is -0.491 e. The van der Waals surface area contributed by atoms with Gasteiger partial charge in [-0.3, -0.25) is 4.79 Å². The van der Waals surface area contributed by atoms with Gasteiger partial charge in [0.05, 0.1) is 9.89 Å². The van der Waals surface area contributed by atoms with Gasteiger partial charge in [-0.15, -0.1) is 0 Å². The summed E-state index contributed by atoms with van der Waals surface area (Å²) in [4.78, 5) is 11.1. The third-order valence-electron chi connectivity index (χ3n) is 3.21. The highest BCUT2D eigenvalue weighted by Crippen LogP contribution is 2.31. The van der Waals surface area contributed by atoms with Crippen LogP contribution in [0.1, 0.15) is 32.8 Å². The SMILES string of the molecule is CCC(N)Cc1cccc(Br)c1OCC(C)(C)C(=O)O. The van der Waals surface area contributed by atoms with Crippen LogP contribution in [0.2, 0.25) is 0 Å². The number of carboxylic acids is 1. The number of hydrogen-bond acceptors (Lipinski definition) is 3. The van der Waals surface area contributed by atoms with E-state index in [0.717, 1.165) is 16.5 Å². The Hall–Kier alpha value is -1.07. The van der Waals surface area contributed by atoms with Crippen LogP contribution < -0.4 is 10.5 Å². The van der Waals surface area contributed by atoms with E-state index in [-0.39, 0.29) is 12.6 Å². The lowest BCUT2D eigenvalue weighted by Crippen LogP contribution is -2.31. The first-order chi connectivity index (χ1) is 9.27. The molecule has 5 heteroatoms. The summed E-state index contributed by atoms with van der Waals surface area (Å²) in [6.45, 7) is 5.43. The summed E-state index contributed by atoms with van der Waals surface area (Å²) in [6, 6.07) is 5.84. The Labute approximate surface area is 128 Å². The molecule has 4 nitrogen and oxygen atoms in total. The number of benzene rings is 1. The lowest BCUT2D eigenvalue weighted by Gasteiger charge is -2.22. The van der Waals surface area contributed by atoms with E-state index in [4.69, 9.17) is 15.6 Å². The molecule has 0 radical (unpaired) electrons. The fourth-order valence-corrected chi connectivity index (χ4v) is 2.14. The molecule has 1 rings (SSSR count). The molecule has 0 bridgehead atoms. The van der Waals surface area contributed by atoms with E-state index >= 15 is 0 Å². The topological polar surface area (TPSA) is 72.5 Å². The van der Waals surface area contributed by atoms with Crippen molar-refractivity contribution >= 4 is 21.9 Å². The highest BCUT2D eigenvalue weighted by Gasteiger charge is 2.28. The molecule has 0 amide bonds. The molecule has 0 heterocycles. The maximum Gasteiger partial charge on any atom is 0.312 e. The van der Waals surface area contributed by atoms with Gasteiger partial charge in [-0.1, -0.05) is 19.1 Å². The van der Waals surface area contributed by atoms with Crippen LogP contribution in [-0.4, -0.2) is 23.7 Å². The van der Waals surface area contributed by atoms with Crippen molar-refractivity contribution in [2.24, 2.45) is 11.1 Å². The van der Waals surface area contributed by atoms with Gasteiger partial charge in [-0.05, 0) is 54.2 Å². The average Bonchev–Trinajstić information content (AvgIpc) is 2.37. The Bertz CT molecular complexity index is 474. The molecule has 0 aliphatic heterocycles. The maximum atomic E-state index is 11.1. The summed E-state index contributed by atoms with van der Waals surface area (Å²) in [5, 5.41) is 9.13. The van der Waals surface area contributed by atoms with Crippen molar-refractivity contribution < 1.29 is 14.6 Å². The number of para-hydroxylation sites is 1. The zero-order valence-corrected chi connectivity index (χ0v) is 13.7. The van der Waals surface area contributed by atoms with Crippen LogP contribution in [0.3, 0.4) is 0 Å². The molecule has 1 aromatic rings. The Kier molecular flexibility index (Phi) is 6.02.